The summed E-state index contributed by atoms with van der Waals surface area (Å²) in [4.78, 5) is 25.5. The van der Waals surface area contributed by atoms with Crippen LogP contribution in [0.5, 0.6) is 17.2 Å². The van der Waals surface area contributed by atoms with E-state index in [-0.39, 0.29) is 24.1 Å². The van der Waals surface area contributed by atoms with Crippen molar-refractivity contribution >= 4 is 11.9 Å². The van der Waals surface area contributed by atoms with Gasteiger partial charge in [-0.05, 0) is 61.2 Å². The van der Waals surface area contributed by atoms with Gasteiger partial charge in [0.2, 0.25) is 0 Å². The van der Waals surface area contributed by atoms with Crippen LogP contribution in [0.1, 0.15) is 35.2 Å². The van der Waals surface area contributed by atoms with E-state index in [0.717, 1.165) is 12.1 Å². The summed E-state index contributed by atoms with van der Waals surface area (Å²) in [5.74, 6) is -1.17. The Morgan fingerprint density at radius 1 is 1.03 bits per heavy atom. The molecular formula is C25H26F3NO6. The first-order chi connectivity index (χ1) is 16.6. The Hall–Kier alpha value is -3.69. The van der Waals surface area contributed by atoms with Crippen molar-refractivity contribution in [2.45, 2.75) is 31.7 Å². The summed E-state index contributed by atoms with van der Waals surface area (Å²) in [7, 11) is 3.02. The van der Waals surface area contributed by atoms with Crippen molar-refractivity contribution in [1.82, 2.24) is 5.32 Å². The highest BCUT2D eigenvalue weighted by atomic mass is 19.4. The first kappa shape index (κ1) is 25.9. The minimum Gasteiger partial charge on any atom is -0.493 e. The van der Waals surface area contributed by atoms with Gasteiger partial charge < -0.3 is 24.3 Å². The van der Waals surface area contributed by atoms with Crippen molar-refractivity contribution in [3.63, 3.8) is 0 Å². The lowest BCUT2D eigenvalue weighted by Gasteiger charge is -2.23. The van der Waals surface area contributed by atoms with E-state index in [0.29, 0.717) is 23.5 Å². The summed E-state index contributed by atoms with van der Waals surface area (Å²) in [5.41, 5.74) is 0.862. The zero-order chi connectivity index (χ0) is 25.6. The van der Waals surface area contributed by atoms with Crippen molar-refractivity contribution < 1.29 is 41.7 Å². The van der Waals surface area contributed by atoms with Crippen LogP contribution in [0.3, 0.4) is 0 Å². The molecule has 2 aromatic rings. The topological polar surface area (TPSA) is 83.1 Å². The largest absolute Gasteiger partial charge is 0.573 e. The SMILES string of the molecule is CCOC(=O)[C@H](c1ccc(OC)c(OC)c1)[C@@H]1C=C[C@@H](NC(=O)c2ccc(OC(F)(F)F)cc2)C1. The van der Waals surface area contributed by atoms with Gasteiger partial charge in [-0.25, -0.2) is 0 Å². The fourth-order valence-electron chi connectivity index (χ4n) is 3.98. The van der Waals surface area contributed by atoms with Crippen LogP contribution in [0.2, 0.25) is 0 Å². The predicted octanol–water partition coefficient (Wildman–Crippen LogP) is 4.62. The number of carbonyl (C=O) groups excluding carboxylic acids is 2. The molecule has 0 fully saturated rings. The second-order valence-electron chi connectivity index (χ2n) is 7.78. The molecule has 0 saturated carbocycles. The summed E-state index contributed by atoms with van der Waals surface area (Å²) >= 11 is 0. The maximum Gasteiger partial charge on any atom is 0.573 e. The summed E-state index contributed by atoms with van der Waals surface area (Å²) in [5, 5.41) is 2.83. The third-order valence-corrected chi connectivity index (χ3v) is 5.52. The lowest BCUT2D eigenvalue weighted by molar-refractivity contribution is -0.274. The van der Waals surface area contributed by atoms with Crippen LogP contribution < -0.4 is 19.5 Å². The van der Waals surface area contributed by atoms with Crippen LogP contribution in [0.25, 0.3) is 0 Å². The molecule has 1 aliphatic rings. The summed E-state index contributed by atoms with van der Waals surface area (Å²) in [6.07, 6.45) is -0.740. The molecule has 1 amide bonds. The lowest BCUT2D eigenvalue weighted by Crippen LogP contribution is -2.33. The molecule has 1 aliphatic carbocycles. The minimum absolute atomic E-state index is 0.179. The number of nitrogens with one attached hydrogen (secondary N) is 1. The number of allylic oxidation sites excluding steroid dienone is 1. The van der Waals surface area contributed by atoms with Crippen molar-refractivity contribution in [2.75, 3.05) is 20.8 Å². The molecule has 0 unspecified atom stereocenters. The summed E-state index contributed by atoms with van der Waals surface area (Å²) < 4.78 is 56.7. The van der Waals surface area contributed by atoms with E-state index in [2.05, 4.69) is 10.1 Å². The van der Waals surface area contributed by atoms with Crippen LogP contribution in [-0.4, -0.2) is 45.1 Å². The summed E-state index contributed by atoms with van der Waals surface area (Å²) in [6.45, 7) is 1.94. The average Bonchev–Trinajstić information content (AvgIpc) is 3.26. The number of rotatable bonds is 9. The molecular weight excluding hydrogens is 467 g/mol. The van der Waals surface area contributed by atoms with Gasteiger partial charge in [0, 0.05) is 11.6 Å². The Morgan fingerprint density at radius 3 is 2.31 bits per heavy atom. The Kier molecular flexibility index (Phi) is 8.26. The van der Waals surface area contributed by atoms with Crippen molar-refractivity contribution in [1.29, 1.82) is 0 Å². The average molecular weight is 493 g/mol. The highest BCUT2D eigenvalue weighted by Gasteiger charge is 2.35. The van der Waals surface area contributed by atoms with Crippen LogP contribution in [0.4, 0.5) is 13.2 Å². The molecule has 188 valence electrons. The number of alkyl halides is 3. The van der Waals surface area contributed by atoms with Gasteiger partial charge in [-0.15, -0.1) is 13.2 Å². The van der Waals surface area contributed by atoms with Gasteiger partial charge in [0.05, 0.1) is 26.7 Å². The second-order valence-corrected chi connectivity index (χ2v) is 7.78. The highest BCUT2D eigenvalue weighted by molar-refractivity contribution is 5.94. The normalized spacial score (nSPS) is 18.0. The van der Waals surface area contributed by atoms with Crippen molar-refractivity contribution in [3.8, 4) is 17.2 Å². The van der Waals surface area contributed by atoms with E-state index < -0.39 is 29.9 Å². The molecule has 3 atom stereocenters. The molecule has 0 aliphatic heterocycles. The van der Waals surface area contributed by atoms with Gasteiger partial charge in [-0.3, -0.25) is 9.59 Å². The number of hydrogen-bond acceptors (Lipinski definition) is 6. The summed E-state index contributed by atoms with van der Waals surface area (Å²) in [6, 6.07) is 9.47. The Labute approximate surface area is 200 Å². The fraction of sp³-hybridized carbons (Fsp3) is 0.360. The Bertz CT molecular complexity index is 1070. The lowest BCUT2D eigenvalue weighted by atomic mass is 9.85. The molecule has 35 heavy (non-hydrogen) atoms. The zero-order valence-corrected chi connectivity index (χ0v) is 19.4. The first-order valence-corrected chi connectivity index (χ1v) is 10.9. The molecule has 1 N–H and O–H groups in total. The standard InChI is InChI=1S/C25H26F3NO6/c1-4-34-24(31)22(17-8-12-20(32-2)21(14-17)33-3)16-5-9-18(13-16)29-23(30)15-6-10-19(11-7-15)35-25(26,27)28/h5-12,14,16,18,22H,4,13H2,1-3H3,(H,29,30)/t16-,18-,22+/m1/s1. The van der Waals surface area contributed by atoms with Gasteiger partial charge in [0.1, 0.15) is 5.75 Å². The van der Waals surface area contributed by atoms with Crippen LogP contribution in [0, 0.1) is 5.92 Å². The van der Waals surface area contributed by atoms with Crippen LogP contribution in [0.15, 0.2) is 54.6 Å². The van der Waals surface area contributed by atoms with Gasteiger partial charge in [-0.1, -0.05) is 18.2 Å². The van der Waals surface area contributed by atoms with Crippen molar-refractivity contribution in [3.05, 3.63) is 65.7 Å². The smallest absolute Gasteiger partial charge is 0.493 e. The van der Waals surface area contributed by atoms with E-state index in [1.165, 1.54) is 26.4 Å². The number of amides is 1. The van der Waals surface area contributed by atoms with Crippen LogP contribution in [-0.2, 0) is 9.53 Å². The van der Waals surface area contributed by atoms with E-state index in [4.69, 9.17) is 14.2 Å². The number of esters is 1. The quantitative estimate of drug-likeness (QED) is 0.405. The molecule has 0 radical (unpaired) electrons. The third kappa shape index (κ3) is 6.68. The molecule has 0 saturated heterocycles. The highest BCUT2D eigenvalue weighted by Crippen LogP contribution is 2.38. The minimum atomic E-state index is -4.81. The maximum absolute atomic E-state index is 12.9. The molecule has 2 aromatic carbocycles. The first-order valence-electron chi connectivity index (χ1n) is 10.9. The molecule has 0 heterocycles. The Balaban J connectivity index is 1.71. The van der Waals surface area contributed by atoms with E-state index in [9.17, 15) is 22.8 Å². The molecule has 7 nitrogen and oxygen atoms in total. The van der Waals surface area contributed by atoms with Gasteiger partial charge >= 0.3 is 12.3 Å². The number of benzene rings is 2. The van der Waals surface area contributed by atoms with E-state index in [1.54, 1.807) is 31.2 Å². The second kappa shape index (κ2) is 11.2. The van der Waals surface area contributed by atoms with Crippen LogP contribution >= 0.6 is 0 Å². The number of halogens is 3. The number of carbonyl (C=O) groups is 2. The van der Waals surface area contributed by atoms with E-state index >= 15 is 0 Å². The van der Waals surface area contributed by atoms with E-state index in [1.807, 2.05) is 6.08 Å². The number of ether oxygens (including phenoxy) is 4. The van der Waals surface area contributed by atoms with Gasteiger partial charge in [-0.2, -0.15) is 0 Å². The zero-order valence-electron chi connectivity index (χ0n) is 19.4. The predicted molar refractivity (Wildman–Crippen MR) is 121 cm³/mol. The molecule has 10 heteroatoms. The van der Waals surface area contributed by atoms with Crippen molar-refractivity contribution in [2.24, 2.45) is 5.92 Å². The monoisotopic (exact) mass is 493 g/mol. The molecule has 0 aromatic heterocycles. The number of methoxy groups -OCH3 is 2. The molecule has 0 bridgehead atoms. The maximum atomic E-state index is 12.9. The molecule has 0 spiro atoms. The Morgan fingerprint density at radius 2 is 1.71 bits per heavy atom. The fourth-order valence-corrected chi connectivity index (χ4v) is 3.98. The third-order valence-electron chi connectivity index (χ3n) is 5.52. The van der Waals surface area contributed by atoms with Gasteiger partial charge in [0.15, 0.2) is 11.5 Å². The van der Waals surface area contributed by atoms with Gasteiger partial charge in [0.25, 0.3) is 5.91 Å². The number of hydrogen-bond donors (Lipinski definition) is 1. The molecule has 3 rings (SSSR count).